The first-order valence-corrected chi connectivity index (χ1v) is 13.8. The molecule has 3 aromatic rings. The van der Waals surface area contributed by atoms with E-state index in [1.165, 1.54) is 19.2 Å². The van der Waals surface area contributed by atoms with Gasteiger partial charge in [-0.15, -0.1) is 0 Å². The number of nitrogens with zero attached hydrogens (tertiary/aromatic N) is 1. The number of esters is 1. The Morgan fingerprint density at radius 1 is 1.19 bits per heavy atom. The van der Waals surface area contributed by atoms with Gasteiger partial charge in [-0.25, -0.2) is 9.37 Å². The van der Waals surface area contributed by atoms with E-state index < -0.39 is 17.2 Å². The smallest absolute Gasteiger partial charge is 0.305 e. The number of ketones is 1. The van der Waals surface area contributed by atoms with E-state index >= 15 is 0 Å². The average molecular weight is 581 g/mol. The van der Waals surface area contributed by atoms with Crippen LogP contribution >= 0.6 is 0 Å². The van der Waals surface area contributed by atoms with Crippen LogP contribution in [0.25, 0.3) is 11.3 Å². The highest BCUT2D eigenvalue weighted by atomic mass is 19.1. The number of halogens is 1. The standard InChI is InChI=1S/C32H37FN2O7/c1-6-28(37)42-19(2)17-40-25-12-9-21(15-26(25)39-5)24(36)13-14-32(4,38)27-16-23-30(41-18-31(23,3)34)29(35-27)20-7-10-22(33)11-8-20/h7-12,15-16,19,38H,6,13-14,17-18,34H2,1-5H3/t19-,31-,32-/m1/s1. The van der Waals surface area contributed by atoms with Crippen molar-refractivity contribution in [2.24, 2.45) is 5.73 Å². The summed E-state index contributed by atoms with van der Waals surface area (Å²) in [7, 11) is 1.47. The summed E-state index contributed by atoms with van der Waals surface area (Å²) in [6, 6.07) is 12.4. The minimum atomic E-state index is -1.49. The molecule has 0 bridgehead atoms. The Kier molecular flexibility index (Phi) is 9.18. The highest BCUT2D eigenvalue weighted by Crippen LogP contribution is 2.44. The van der Waals surface area contributed by atoms with Crippen molar-refractivity contribution in [2.45, 2.75) is 64.2 Å². The van der Waals surface area contributed by atoms with E-state index in [1.807, 2.05) is 6.92 Å². The number of carbonyl (C=O) groups excluding carboxylic acids is 2. The molecule has 0 unspecified atom stereocenters. The molecule has 0 fully saturated rings. The summed E-state index contributed by atoms with van der Waals surface area (Å²) in [6.45, 7) is 7.21. The third-order valence-corrected chi connectivity index (χ3v) is 7.19. The first-order valence-electron chi connectivity index (χ1n) is 13.8. The van der Waals surface area contributed by atoms with Gasteiger partial charge in [-0.1, -0.05) is 6.92 Å². The second-order valence-corrected chi connectivity index (χ2v) is 11.0. The first kappa shape index (κ1) is 30.9. The summed E-state index contributed by atoms with van der Waals surface area (Å²) in [5.74, 6) is 0.343. The fourth-order valence-electron chi connectivity index (χ4n) is 4.62. The van der Waals surface area contributed by atoms with E-state index in [1.54, 1.807) is 57.2 Å². The summed E-state index contributed by atoms with van der Waals surface area (Å²) in [6.07, 6.45) is -0.0908. The highest BCUT2D eigenvalue weighted by molar-refractivity contribution is 5.96. The van der Waals surface area contributed by atoms with Gasteiger partial charge in [0.2, 0.25) is 0 Å². The van der Waals surface area contributed by atoms with Gasteiger partial charge < -0.3 is 29.8 Å². The molecule has 0 saturated heterocycles. The lowest BCUT2D eigenvalue weighted by atomic mass is 9.88. The Bertz CT molecular complexity index is 1450. The predicted octanol–water partition coefficient (Wildman–Crippen LogP) is 5.05. The molecule has 224 valence electrons. The van der Waals surface area contributed by atoms with Crippen molar-refractivity contribution in [1.29, 1.82) is 0 Å². The first-order chi connectivity index (χ1) is 19.8. The zero-order valence-electron chi connectivity index (χ0n) is 24.5. The fraction of sp³-hybridized carbons (Fsp3) is 0.406. The van der Waals surface area contributed by atoms with E-state index in [0.29, 0.717) is 45.3 Å². The van der Waals surface area contributed by atoms with Crippen LogP contribution in [0.2, 0.25) is 0 Å². The number of benzene rings is 2. The molecular weight excluding hydrogens is 543 g/mol. The number of aliphatic hydroxyl groups is 1. The molecule has 0 saturated carbocycles. The molecular formula is C32H37FN2O7. The number of nitrogens with two attached hydrogens (primary N) is 1. The maximum Gasteiger partial charge on any atom is 0.305 e. The second kappa shape index (κ2) is 12.5. The van der Waals surface area contributed by atoms with Gasteiger partial charge in [-0.2, -0.15) is 0 Å². The van der Waals surface area contributed by atoms with Gasteiger partial charge in [0.1, 0.15) is 36.4 Å². The number of rotatable bonds is 12. The summed E-state index contributed by atoms with van der Waals surface area (Å²) >= 11 is 0. The predicted molar refractivity (Wildman–Crippen MR) is 154 cm³/mol. The van der Waals surface area contributed by atoms with Crippen molar-refractivity contribution < 1.29 is 38.0 Å². The molecule has 0 spiro atoms. The largest absolute Gasteiger partial charge is 0.493 e. The van der Waals surface area contributed by atoms with Crippen LogP contribution in [0, 0.1) is 5.82 Å². The average Bonchev–Trinajstić information content (AvgIpc) is 3.28. The van der Waals surface area contributed by atoms with Crippen LogP contribution in [0.3, 0.4) is 0 Å². The van der Waals surface area contributed by atoms with Crippen LogP contribution in [0.15, 0.2) is 48.5 Å². The fourth-order valence-corrected chi connectivity index (χ4v) is 4.62. The van der Waals surface area contributed by atoms with Gasteiger partial charge in [-0.3, -0.25) is 9.59 Å². The number of aromatic nitrogens is 1. The Labute approximate surface area is 244 Å². The number of hydrogen-bond acceptors (Lipinski definition) is 9. The van der Waals surface area contributed by atoms with Crippen LogP contribution in [0.5, 0.6) is 17.2 Å². The van der Waals surface area contributed by atoms with Crippen molar-refractivity contribution in [3.63, 3.8) is 0 Å². The SMILES string of the molecule is CCC(=O)O[C@H](C)COc1ccc(C(=O)CC[C@@](C)(O)c2cc3c(c(-c4ccc(F)cc4)n2)OC[C@@]3(C)N)cc1OC. The van der Waals surface area contributed by atoms with Gasteiger partial charge in [-0.05, 0) is 75.7 Å². The minimum Gasteiger partial charge on any atom is -0.493 e. The number of fused-ring (bicyclic) bond motifs is 1. The van der Waals surface area contributed by atoms with Crippen molar-refractivity contribution in [3.05, 3.63) is 71.2 Å². The molecule has 1 aliphatic rings. The van der Waals surface area contributed by atoms with Gasteiger partial charge in [0.05, 0.1) is 18.3 Å². The van der Waals surface area contributed by atoms with Crippen LogP contribution in [-0.2, 0) is 20.7 Å². The molecule has 3 atom stereocenters. The third kappa shape index (κ3) is 6.88. The lowest BCUT2D eigenvalue weighted by molar-refractivity contribution is -0.149. The number of ether oxygens (including phenoxy) is 4. The topological polar surface area (TPSA) is 130 Å². The lowest BCUT2D eigenvalue weighted by Gasteiger charge is -2.25. The molecule has 2 heterocycles. The summed E-state index contributed by atoms with van der Waals surface area (Å²) < 4.78 is 35.9. The van der Waals surface area contributed by atoms with Gasteiger partial charge >= 0.3 is 5.97 Å². The highest BCUT2D eigenvalue weighted by Gasteiger charge is 2.38. The number of hydrogen-bond donors (Lipinski definition) is 2. The molecule has 4 rings (SSSR count). The molecule has 42 heavy (non-hydrogen) atoms. The Hall–Kier alpha value is -4.02. The molecule has 0 amide bonds. The number of pyridine rings is 1. The number of carbonyl (C=O) groups is 2. The third-order valence-electron chi connectivity index (χ3n) is 7.19. The van der Waals surface area contributed by atoms with Crippen LogP contribution < -0.4 is 19.9 Å². The van der Waals surface area contributed by atoms with Gasteiger partial charge in [0.25, 0.3) is 0 Å². The lowest BCUT2D eigenvalue weighted by Crippen LogP contribution is -2.35. The molecule has 3 N–H and O–H groups in total. The monoisotopic (exact) mass is 580 g/mol. The quantitative estimate of drug-likeness (QED) is 0.223. The van der Waals surface area contributed by atoms with Gasteiger partial charge in [0, 0.05) is 29.5 Å². The van der Waals surface area contributed by atoms with Crippen LogP contribution in [-0.4, -0.2) is 48.3 Å². The van der Waals surface area contributed by atoms with Crippen molar-refractivity contribution >= 4 is 11.8 Å². The zero-order chi connectivity index (χ0) is 30.7. The van der Waals surface area contributed by atoms with Gasteiger partial charge in [0.15, 0.2) is 23.0 Å². The van der Waals surface area contributed by atoms with E-state index in [4.69, 9.17) is 29.7 Å². The maximum absolute atomic E-state index is 13.6. The van der Waals surface area contributed by atoms with Crippen LogP contribution in [0.4, 0.5) is 4.39 Å². The number of Topliss-reactive ketones (excluding diaryl/α,β-unsaturated/α-hetero) is 1. The second-order valence-electron chi connectivity index (χ2n) is 11.0. The normalized spacial score (nSPS) is 17.9. The molecule has 9 nitrogen and oxygen atoms in total. The van der Waals surface area contributed by atoms with E-state index in [9.17, 15) is 19.1 Å². The van der Waals surface area contributed by atoms with Crippen molar-refractivity contribution in [3.8, 4) is 28.5 Å². The molecule has 2 aromatic carbocycles. The van der Waals surface area contributed by atoms with Crippen molar-refractivity contribution in [1.82, 2.24) is 4.98 Å². The van der Waals surface area contributed by atoms with E-state index in [2.05, 4.69) is 0 Å². The molecule has 0 aliphatic carbocycles. The Morgan fingerprint density at radius 2 is 1.90 bits per heavy atom. The number of methoxy groups -OCH3 is 1. The summed E-state index contributed by atoms with van der Waals surface area (Å²) in [4.78, 5) is 29.4. The minimum absolute atomic E-state index is 0.0153. The summed E-state index contributed by atoms with van der Waals surface area (Å²) in [5.41, 5.74) is 6.64. The molecule has 1 aromatic heterocycles. The molecule has 0 radical (unpaired) electrons. The van der Waals surface area contributed by atoms with E-state index in [0.717, 1.165) is 0 Å². The Morgan fingerprint density at radius 3 is 2.57 bits per heavy atom. The van der Waals surface area contributed by atoms with Crippen molar-refractivity contribution in [2.75, 3.05) is 20.3 Å². The molecule has 10 heteroatoms. The maximum atomic E-state index is 13.6. The zero-order valence-corrected chi connectivity index (χ0v) is 24.5. The van der Waals surface area contributed by atoms with Crippen LogP contribution in [0.1, 0.15) is 68.6 Å². The van der Waals surface area contributed by atoms with E-state index in [-0.39, 0.29) is 50.0 Å². The summed E-state index contributed by atoms with van der Waals surface area (Å²) in [5, 5.41) is 11.5. The Balaban J connectivity index is 1.51. The molecule has 1 aliphatic heterocycles.